The number of carbonyl (C=O) groups excluding carboxylic acids is 1. The lowest BCUT2D eigenvalue weighted by Crippen LogP contribution is -2.34. The number of amides is 1. The van der Waals surface area contributed by atoms with Crippen molar-refractivity contribution in [3.63, 3.8) is 0 Å². The van der Waals surface area contributed by atoms with Crippen molar-refractivity contribution in [1.29, 1.82) is 0 Å². The van der Waals surface area contributed by atoms with E-state index in [9.17, 15) is 4.79 Å². The maximum absolute atomic E-state index is 13.2. The Morgan fingerprint density at radius 3 is 2.43 bits per heavy atom. The van der Waals surface area contributed by atoms with Gasteiger partial charge in [-0.3, -0.25) is 9.69 Å². The summed E-state index contributed by atoms with van der Waals surface area (Å²) in [6, 6.07) is 21.9. The Labute approximate surface area is 180 Å². The van der Waals surface area contributed by atoms with Crippen molar-refractivity contribution in [2.24, 2.45) is 0 Å². The van der Waals surface area contributed by atoms with Gasteiger partial charge in [0.05, 0.1) is 16.8 Å². The van der Waals surface area contributed by atoms with Crippen LogP contribution < -0.4 is 9.64 Å². The Morgan fingerprint density at radius 2 is 1.70 bits per heavy atom. The lowest BCUT2D eigenvalue weighted by Gasteiger charge is -2.20. The standard InChI is InChI=1S/C25H24N2O2S/c1-17-9-12-21(13-10-17)29-16-23(28)27(15-20-7-5-4-6-8-20)25-26-24-19(3)18(2)11-14-22(24)30-25/h4-14H,15-16H2,1-3H3. The van der Waals surface area contributed by atoms with Gasteiger partial charge in [-0.25, -0.2) is 4.98 Å². The summed E-state index contributed by atoms with van der Waals surface area (Å²) < 4.78 is 6.85. The van der Waals surface area contributed by atoms with Crippen molar-refractivity contribution >= 4 is 32.6 Å². The van der Waals surface area contributed by atoms with E-state index in [0.29, 0.717) is 17.4 Å². The normalized spacial score (nSPS) is 10.9. The van der Waals surface area contributed by atoms with Gasteiger partial charge in [-0.1, -0.05) is 65.4 Å². The minimum Gasteiger partial charge on any atom is -0.484 e. The number of ether oxygens (including phenoxy) is 1. The van der Waals surface area contributed by atoms with E-state index in [1.165, 1.54) is 16.9 Å². The van der Waals surface area contributed by atoms with Crippen LogP contribution in [0.2, 0.25) is 0 Å². The molecule has 0 saturated heterocycles. The van der Waals surface area contributed by atoms with Gasteiger partial charge >= 0.3 is 0 Å². The first kappa shape index (κ1) is 20.1. The maximum Gasteiger partial charge on any atom is 0.267 e. The van der Waals surface area contributed by atoms with E-state index in [4.69, 9.17) is 9.72 Å². The van der Waals surface area contributed by atoms with Crippen LogP contribution in [0.15, 0.2) is 66.7 Å². The van der Waals surface area contributed by atoms with Crippen LogP contribution in [-0.2, 0) is 11.3 Å². The second kappa shape index (κ2) is 8.67. The summed E-state index contributed by atoms with van der Waals surface area (Å²) in [6.07, 6.45) is 0. The van der Waals surface area contributed by atoms with E-state index in [1.807, 2.05) is 61.5 Å². The average molecular weight is 417 g/mol. The van der Waals surface area contributed by atoms with Gasteiger partial charge < -0.3 is 4.74 Å². The molecule has 0 fully saturated rings. The topological polar surface area (TPSA) is 42.4 Å². The van der Waals surface area contributed by atoms with Gasteiger partial charge in [-0.05, 0) is 55.7 Å². The predicted molar refractivity (Wildman–Crippen MR) is 123 cm³/mol. The van der Waals surface area contributed by atoms with Gasteiger partial charge in [0.15, 0.2) is 11.7 Å². The molecule has 0 spiro atoms. The maximum atomic E-state index is 13.2. The SMILES string of the molecule is Cc1ccc(OCC(=O)N(Cc2ccccc2)c2nc3c(C)c(C)ccc3s2)cc1. The molecule has 0 aliphatic rings. The highest BCUT2D eigenvalue weighted by atomic mass is 32.1. The fraction of sp³-hybridized carbons (Fsp3) is 0.200. The number of anilines is 1. The molecule has 30 heavy (non-hydrogen) atoms. The van der Waals surface area contributed by atoms with E-state index in [0.717, 1.165) is 26.9 Å². The van der Waals surface area contributed by atoms with Crippen molar-refractivity contribution in [2.45, 2.75) is 27.3 Å². The summed E-state index contributed by atoms with van der Waals surface area (Å²) in [5, 5.41) is 0.694. The van der Waals surface area contributed by atoms with Gasteiger partial charge in [0.1, 0.15) is 5.75 Å². The Kier molecular flexibility index (Phi) is 5.81. The molecule has 1 amide bonds. The number of aryl methyl sites for hydroxylation is 3. The van der Waals surface area contributed by atoms with E-state index in [-0.39, 0.29) is 12.5 Å². The van der Waals surface area contributed by atoms with Crippen LogP contribution in [0.1, 0.15) is 22.3 Å². The van der Waals surface area contributed by atoms with Crippen LogP contribution in [0.3, 0.4) is 0 Å². The van der Waals surface area contributed by atoms with Gasteiger partial charge in [-0.2, -0.15) is 0 Å². The Morgan fingerprint density at radius 1 is 0.967 bits per heavy atom. The number of hydrogen-bond acceptors (Lipinski definition) is 4. The molecule has 1 heterocycles. The lowest BCUT2D eigenvalue weighted by atomic mass is 10.1. The van der Waals surface area contributed by atoms with Gasteiger partial charge in [-0.15, -0.1) is 0 Å². The summed E-state index contributed by atoms with van der Waals surface area (Å²) in [6.45, 7) is 6.59. The number of hydrogen-bond donors (Lipinski definition) is 0. The molecule has 3 aromatic carbocycles. The quantitative estimate of drug-likeness (QED) is 0.397. The van der Waals surface area contributed by atoms with Gasteiger partial charge in [0, 0.05) is 0 Å². The molecule has 0 unspecified atom stereocenters. The smallest absolute Gasteiger partial charge is 0.267 e. The number of aromatic nitrogens is 1. The number of benzene rings is 3. The molecule has 5 heteroatoms. The van der Waals surface area contributed by atoms with Crippen molar-refractivity contribution in [2.75, 3.05) is 11.5 Å². The van der Waals surface area contributed by atoms with Crippen LogP contribution in [0.5, 0.6) is 5.75 Å². The highest BCUT2D eigenvalue weighted by Crippen LogP contribution is 2.32. The highest BCUT2D eigenvalue weighted by Gasteiger charge is 2.21. The van der Waals surface area contributed by atoms with Crippen molar-refractivity contribution in [1.82, 2.24) is 4.98 Å². The Balaban J connectivity index is 1.63. The first-order valence-electron chi connectivity index (χ1n) is 9.92. The molecule has 4 aromatic rings. The monoisotopic (exact) mass is 416 g/mol. The third-order valence-electron chi connectivity index (χ3n) is 5.17. The number of nitrogens with zero attached hydrogens (tertiary/aromatic N) is 2. The Hall–Kier alpha value is -3.18. The Bertz CT molecular complexity index is 1170. The third-order valence-corrected chi connectivity index (χ3v) is 6.22. The highest BCUT2D eigenvalue weighted by molar-refractivity contribution is 7.22. The molecule has 0 aliphatic heterocycles. The fourth-order valence-corrected chi connectivity index (χ4v) is 4.26. The third kappa shape index (κ3) is 4.36. The fourth-order valence-electron chi connectivity index (χ4n) is 3.22. The molecule has 4 rings (SSSR count). The van der Waals surface area contributed by atoms with Crippen LogP contribution in [-0.4, -0.2) is 17.5 Å². The van der Waals surface area contributed by atoms with E-state index < -0.39 is 0 Å². The lowest BCUT2D eigenvalue weighted by molar-refractivity contribution is -0.120. The number of rotatable bonds is 6. The van der Waals surface area contributed by atoms with Crippen molar-refractivity contribution in [3.8, 4) is 5.75 Å². The number of thiazole rings is 1. The molecule has 0 N–H and O–H groups in total. The zero-order valence-electron chi connectivity index (χ0n) is 17.4. The average Bonchev–Trinajstić information content (AvgIpc) is 3.19. The second-order valence-electron chi connectivity index (χ2n) is 7.42. The molecule has 0 aliphatic carbocycles. The summed E-state index contributed by atoms with van der Waals surface area (Å²) >= 11 is 1.54. The molecule has 0 saturated carbocycles. The predicted octanol–water partition coefficient (Wildman–Crippen LogP) is 5.83. The molecule has 0 bridgehead atoms. The van der Waals surface area contributed by atoms with E-state index in [1.54, 1.807) is 4.90 Å². The molecule has 1 aromatic heterocycles. The first-order valence-corrected chi connectivity index (χ1v) is 10.7. The van der Waals surface area contributed by atoms with Crippen molar-refractivity contribution < 1.29 is 9.53 Å². The molecule has 152 valence electrons. The molecule has 4 nitrogen and oxygen atoms in total. The molecule has 0 radical (unpaired) electrons. The van der Waals surface area contributed by atoms with Crippen LogP contribution in [0, 0.1) is 20.8 Å². The molecular weight excluding hydrogens is 392 g/mol. The first-order chi connectivity index (χ1) is 14.5. The minimum atomic E-state index is -0.118. The summed E-state index contributed by atoms with van der Waals surface area (Å²) in [5.74, 6) is 0.567. The number of fused-ring (bicyclic) bond motifs is 1. The summed E-state index contributed by atoms with van der Waals surface area (Å²) in [7, 11) is 0. The zero-order chi connectivity index (χ0) is 21.1. The summed E-state index contributed by atoms with van der Waals surface area (Å²) in [4.78, 5) is 19.7. The van der Waals surface area contributed by atoms with Crippen LogP contribution in [0.4, 0.5) is 5.13 Å². The van der Waals surface area contributed by atoms with E-state index >= 15 is 0 Å². The minimum absolute atomic E-state index is 0.0379. The number of carbonyl (C=O) groups is 1. The molecular formula is C25H24N2O2S. The second-order valence-corrected chi connectivity index (χ2v) is 8.43. The van der Waals surface area contributed by atoms with Gasteiger partial charge in [0.2, 0.25) is 0 Å². The van der Waals surface area contributed by atoms with Crippen LogP contribution in [0.25, 0.3) is 10.2 Å². The molecule has 0 atom stereocenters. The van der Waals surface area contributed by atoms with Crippen LogP contribution >= 0.6 is 11.3 Å². The summed E-state index contributed by atoms with van der Waals surface area (Å²) in [5.41, 5.74) is 5.51. The largest absolute Gasteiger partial charge is 0.484 e. The van der Waals surface area contributed by atoms with Crippen molar-refractivity contribution in [3.05, 3.63) is 89.0 Å². The van der Waals surface area contributed by atoms with E-state index in [2.05, 4.69) is 26.0 Å². The zero-order valence-corrected chi connectivity index (χ0v) is 18.2. The van der Waals surface area contributed by atoms with Gasteiger partial charge in [0.25, 0.3) is 5.91 Å².